The van der Waals surface area contributed by atoms with Crippen LogP contribution in [0, 0.1) is 5.92 Å². The third kappa shape index (κ3) is 4.87. The summed E-state index contributed by atoms with van der Waals surface area (Å²) in [6, 6.07) is 8.02. The summed E-state index contributed by atoms with van der Waals surface area (Å²) in [5.74, 6) is 1.34. The number of ether oxygens (including phenoxy) is 2. The lowest BCUT2D eigenvalue weighted by Crippen LogP contribution is -2.44. The summed E-state index contributed by atoms with van der Waals surface area (Å²) < 4.78 is 11.3. The topological polar surface area (TPSA) is 59.6 Å². The van der Waals surface area contributed by atoms with Crippen molar-refractivity contribution >= 4 is 6.03 Å². The Labute approximate surface area is 144 Å². The first-order valence-corrected chi connectivity index (χ1v) is 9.08. The molecule has 5 nitrogen and oxygen atoms in total. The first-order valence-electron chi connectivity index (χ1n) is 9.08. The van der Waals surface area contributed by atoms with Gasteiger partial charge in [-0.05, 0) is 56.7 Å². The van der Waals surface area contributed by atoms with Gasteiger partial charge in [-0.3, -0.25) is 0 Å². The molecule has 5 heteroatoms. The summed E-state index contributed by atoms with van der Waals surface area (Å²) in [7, 11) is 0. The Bertz CT molecular complexity index is 520. The van der Waals surface area contributed by atoms with Crippen LogP contribution in [-0.2, 0) is 11.3 Å². The van der Waals surface area contributed by atoms with Gasteiger partial charge in [0, 0.05) is 25.1 Å². The van der Waals surface area contributed by atoms with Crippen molar-refractivity contribution in [3.8, 4) is 5.75 Å². The third-order valence-electron chi connectivity index (χ3n) is 5.01. The molecule has 3 rings (SSSR count). The minimum atomic E-state index is -0.124. The Hall–Kier alpha value is -1.75. The van der Waals surface area contributed by atoms with E-state index in [1.807, 2.05) is 31.2 Å². The normalized spacial score (nSPS) is 22.3. The van der Waals surface area contributed by atoms with E-state index in [1.165, 1.54) is 12.8 Å². The van der Waals surface area contributed by atoms with Gasteiger partial charge in [-0.1, -0.05) is 12.1 Å². The van der Waals surface area contributed by atoms with Gasteiger partial charge < -0.3 is 20.1 Å². The summed E-state index contributed by atoms with van der Waals surface area (Å²) in [6.07, 6.45) is 6.26. The lowest BCUT2D eigenvalue weighted by Gasteiger charge is -2.19. The van der Waals surface area contributed by atoms with Gasteiger partial charge in [0.25, 0.3) is 0 Å². The van der Waals surface area contributed by atoms with Gasteiger partial charge in [-0.2, -0.15) is 0 Å². The Morgan fingerprint density at radius 2 is 2.00 bits per heavy atom. The molecule has 1 heterocycles. The second-order valence-corrected chi connectivity index (χ2v) is 6.91. The molecule has 0 spiro atoms. The maximum atomic E-state index is 12.0. The van der Waals surface area contributed by atoms with Gasteiger partial charge in [0.05, 0.1) is 12.7 Å². The lowest BCUT2D eigenvalue weighted by atomic mass is 10.0. The van der Waals surface area contributed by atoms with Crippen LogP contribution < -0.4 is 15.4 Å². The largest absolute Gasteiger partial charge is 0.490 e. The predicted molar refractivity (Wildman–Crippen MR) is 93.1 cm³/mol. The van der Waals surface area contributed by atoms with Crippen LogP contribution in [0.5, 0.6) is 5.75 Å². The van der Waals surface area contributed by atoms with Gasteiger partial charge in [0.1, 0.15) is 5.75 Å². The number of hydrogen-bond donors (Lipinski definition) is 2. The maximum Gasteiger partial charge on any atom is 0.315 e. The molecule has 2 atom stereocenters. The fourth-order valence-corrected chi connectivity index (χ4v) is 3.39. The van der Waals surface area contributed by atoms with E-state index in [0.29, 0.717) is 18.6 Å². The summed E-state index contributed by atoms with van der Waals surface area (Å²) in [4.78, 5) is 12.0. The second kappa shape index (κ2) is 8.38. The van der Waals surface area contributed by atoms with Gasteiger partial charge in [0.15, 0.2) is 0 Å². The first kappa shape index (κ1) is 17.1. The zero-order chi connectivity index (χ0) is 16.8. The van der Waals surface area contributed by atoms with Crippen LogP contribution in [0.1, 0.15) is 44.6 Å². The molecule has 2 N–H and O–H groups in total. The maximum absolute atomic E-state index is 12.0. The van der Waals surface area contributed by atoms with E-state index in [1.54, 1.807) is 0 Å². The summed E-state index contributed by atoms with van der Waals surface area (Å²) in [5.41, 5.74) is 1.07. The van der Waals surface area contributed by atoms with Crippen molar-refractivity contribution in [1.29, 1.82) is 0 Å². The first-order chi connectivity index (χ1) is 11.7. The van der Waals surface area contributed by atoms with Crippen LogP contribution in [0.2, 0.25) is 0 Å². The number of hydrogen-bond acceptors (Lipinski definition) is 3. The molecule has 1 aliphatic heterocycles. The van der Waals surface area contributed by atoms with Crippen LogP contribution in [0.25, 0.3) is 0 Å². The number of carbonyl (C=O) groups excluding carboxylic acids is 1. The average Bonchev–Trinajstić information content (AvgIpc) is 3.28. The molecule has 2 fully saturated rings. The summed E-state index contributed by atoms with van der Waals surface area (Å²) in [6.45, 7) is 4.09. The van der Waals surface area contributed by atoms with E-state index in [0.717, 1.165) is 43.8 Å². The van der Waals surface area contributed by atoms with Crippen molar-refractivity contribution in [2.75, 3.05) is 13.2 Å². The van der Waals surface area contributed by atoms with Crippen molar-refractivity contribution < 1.29 is 14.3 Å². The van der Waals surface area contributed by atoms with Crippen LogP contribution in [-0.4, -0.2) is 31.4 Å². The Kier molecular flexibility index (Phi) is 5.96. The highest BCUT2D eigenvalue weighted by Crippen LogP contribution is 2.24. The quantitative estimate of drug-likeness (QED) is 0.841. The Morgan fingerprint density at radius 1 is 1.25 bits per heavy atom. The average molecular weight is 332 g/mol. The molecule has 1 aromatic rings. The molecule has 24 heavy (non-hydrogen) atoms. The van der Waals surface area contributed by atoms with Crippen molar-refractivity contribution in [2.24, 2.45) is 5.92 Å². The highest BCUT2D eigenvalue weighted by atomic mass is 16.5. The predicted octanol–water partition coefficient (Wildman–Crippen LogP) is 3.23. The monoisotopic (exact) mass is 332 g/mol. The summed E-state index contributed by atoms with van der Waals surface area (Å²) >= 11 is 0. The third-order valence-corrected chi connectivity index (χ3v) is 5.01. The van der Waals surface area contributed by atoms with E-state index >= 15 is 0 Å². The van der Waals surface area contributed by atoms with E-state index < -0.39 is 0 Å². The molecule has 0 unspecified atom stereocenters. The van der Waals surface area contributed by atoms with E-state index in [-0.39, 0.29) is 12.1 Å². The molecule has 2 aliphatic rings. The zero-order valence-corrected chi connectivity index (χ0v) is 14.4. The fraction of sp³-hybridized carbons (Fsp3) is 0.632. The smallest absolute Gasteiger partial charge is 0.315 e. The van der Waals surface area contributed by atoms with Gasteiger partial charge >= 0.3 is 6.03 Å². The van der Waals surface area contributed by atoms with Crippen LogP contribution in [0.4, 0.5) is 4.79 Å². The molecule has 1 aromatic carbocycles. The van der Waals surface area contributed by atoms with Crippen molar-refractivity contribution in [3.63, 3.8) is 0 Å². The standard InChI is InChI=1S/C19H28N2O3/c1-14(16-10-11-23-13-16)21-19(22)20-12-15-6-8-18(9-7-15)24-17-4-2-3-5-17/h6-9,14,16-17H,2-5,10-13H2,1H3,(H2,20,21,22)/t14-,16+/m1/s1. The highest BCUT2D eigenvalue weighted by molar-refractivity contribution is 5.74. The van der Waals surface area contributed by atoms with Crippen LogP contribution in [0.15, 0.2) is 24.3 Å². The number of carbonyl (C=O) groups is 1. The zero-order valence-electron chi connectivity index (χ0n) is 14.4. The van der Waals surface area contributed by atoms with Gasteiger partial charge in [-0.25, -0.2) is 4.79 Å². The molecule has 1 aliphatic carbocycles. The lowest BCUT2D eigenvalue weighted by molar-refractivity contribution is 0.178. The van der Waals surface area contributed by atoms with E-state index in [9.17, 15) is 4.79 Å². The Morgan fingerprint density at radius 3 is 2.67 bits per heavy atom. The molecular weight excluding hydrogens is 304 g/mol. The van der Waals surface area contributed by atoms with Crippen LogP contribution >= 0.6 is 0 Å². The van der Waals surface area contributed by atoms with Gasteiger partial charge in [0.2, 0.25) is 0 Å². The van der Waals surface area contributed by atoms with Crippen LogP contribution in [0.3, 0.4) is 0 Å². The number of rotatable bonds is 6. The molecule has 0 bridgehead atoms. The number of amides is 2. The van der Waals surface area contributed by atoms with Crippen molar-refractivity contribution in [1.82, 2.24) is 10.6 Å². The molecule has 132 valence electrons. The molecular formula is C19H28N2O3. The molecule has 2 amide bonds. The van der Waals surface area contributed by atoms with Crippen molar-refractivity contribution in [2.45, 2.75) is 57.7 Å². The van der Waals surface area contributed by atoms with Crippen molar-refractivity contribution in [3.05, 3.63) is 29.8 Å². The fourth-order valence-electron chi connectivity index (χ4n) is 3.39. The highest BCUT2D eigenvalue weighted by Gasteiger charge is 2.23. The SMILES string of the molecule is C[C@@H](NC(=O)NCc1ccc(OC2CCCC2)cc1)[C@H]1CCOC1. The summed E-state index contributed by atoms with van der Waals surface area (Å²) in [5, 5.41) is 5.91. The minimum absolute atomic E-state index is 0.124. The second-order valence-electron chi connectivity index (χ2n) is 6.91. The molecule has 1 saturated heterocycles. The minimum Gasteiger partial charge on any atom is -0.490 e. The Balaban J connectivity index is 1.39. The molecule has 0 radical (unpaired) electrons. The number of nitrogens with one attached hydrogen (secondary N) is 2. The number of benzene rings is 1. The number of urea groups is 1. The van der Waals surface area contributed by atoms with E-state index in [4.69, 9.17) is 9.47 Å². The molecule has 1 saturated carbocycles. The van der Waals surface area contributed by atoms with E-state index in [2.05, 4.69) is 10.6 Å². The van der Waals surface area contributed by atoms with Gasteiger partial charge in [-0.15, -0.1) is 0 Å². The molecule has 0 aromatic heterocycles.